The van der Waals surface area contributed by atoms with Crippen LogP contribution in [0.4, 0.5) is 29.1 Å². The molecule has 0 bridgehead atoms. The van der Waals surface area contributed by atoms with E-state index in [0.717, 1.165) is 183 Å². The third-order valence-electron chi connectivity index (χ3n) is 21.5. The van der Waals surface area contributed by atoms with Gasteiger partial charge in [0, 0.05) is 136 Å². The van der Waals surface area contributed by atoms with Gasteiger partial charge in [-0.15, -0.1) is 11.3 Å². The van der Waals surface area contributed by atoms with Crippen molar-refractivity contribution in [2.24, 2.45) is 63.4 Å². The van der Waals surface area contributed by atoms with Crippen LogP contribution in [0, 0.1) is 27.7 Å². The Balaban J connectivity index is 0.000000106. The zero-order valence-electron chi connectivity index (χ0n) is 71.4. The van der Waals surface area contributed by atoms with Crippen LogP contribution < -0.4 is 33.4 Å². The van der Waals surface area contributed by atoms with Crippen molar-refractivity contribution in [2.45, 2.75) is 27.7 Å². The lowest BCUT2D eigenvalue weighted by molar-refractivity contribution is 0.415. The zero-order valence-corrected chi connectivity index (χ0v) is 73.7. The highest BCUT2D eigenvalue weighted by Crippen LogP contribution is 2.40. The van der Waals surface area contributed by atoms with E-state index in [4.69, 9.17) is 56.6 Å². The van der Waals surface area contributed by atoms with Crippen LogP contribution in [0.2, 0.25) is 10.3 Å². The van der Waals surface area contributed by atoms with Crippen LogP contribution in [0.25, 0.3) is 176 Å². The Labute approximate surface area is 740 Å². The first kappa shape index (κ1) is 83.9. The Hall–Kier alpha value is -16.4. The molecule has 0 fully saturated rings. The first-order chi connectivity index (χ1) is 61.7. The number of aryl methyl sites for hydroxylation is 13. The fraction of sp³-hybridized carbons (Fsp3) is 0.163. The molecular weight excluding hydrogens is 1680 g/mol. The third kappa shape index (κ3) is 15.7. The highest BCUT2D eigenvalue weighted by Gasteiger charge is 2.24. The molecule has 0 aliphatic heterocycles. The lowest BCUT2D eigenvalue weighted by atomic mass is 10.0. The molecule has 640 valence electrons. The average molecular weight is 1760 g/mol. The molecule has 0 aliphatic rings. The molecule has 0 saturated heterocycles. The van der Waals surface area contributed by atoms with E-state index >= 15 is 0 Å². The van der Waals surface area contributed by atoms with Crippen LogP contribution in [-0.2, 0) is 63.4 Å². The number of fused-ring (bicyclic) bond motifs is 11. The Kier molecular flexibility index (Phi) is 22.5. The molecule has 0 atom stereocenters. The molecule has 0 spiro atoms. The number of hydrogen-bond donors (Lipinski definition) is 5. The number of nitrogen functional groups attached to an aromatic ring is 5. The summed E-state index contributed by atoms with van der Waals surface area (Å²) in [5, 5.41) is 49.1. The lowest BCUT2D eigenvalue weighted by Gasteiger charge is -2.05. The van der Waals surface area contributed by atoms with Crippen molar-refractivity contribution in [1.82, 2.24) is 163 Å². The van der Waals surface area contributed by atoms with Crippen LogP contribution in [-0.4, -0.2) is 170 Å². The molecule has 0 amide bonds. The summed E-state index contributed by atoms with van der Waals surface area (Å²) < 4.78 is 22.4. The van der Waals surface area contributed by atoms with Gasteiger partial charge in [-0.2, -0.15) is 40.8 Å². The second-order valence-electron chi connectivity index (χ2n) is 29.5. The first-order valence-electron chi connectivity index (χ1n) is 39.3. The molecule has 0 radical (unpaired) electrons. The van der Waals surface area contributed by atoms with Gasteiger partial charge in [0.25, 0.3) is 0 Å². The Morgan fingerprint density at radius 3 is 1.38 bits per heavy atom. The Morgan fingerprint density at radius 1 is 0.359 bits per heavy atom. The molecule has 10 N–H and O–H groups in total. The van der Waals surface area contributed by atoms with Crippen molar-refractivity contribution in [2.75, 3.05) is 35.8 Å². The maximum absolute atomic E-state index is 6.04. The van der Waals surface area contributed by atoms with Crippen LogP contribution in [0.15, 0.2) is 171 Å². The summed E-state index contributed by atoms with van der Waals surface area (Å²) in [6, 6.07) is 34.6. The highest BCUT2D eigenvalue weighted by atomic mass is 35.5. The van der Waals surface area contributed by atoms with Gasteiger partial charge in [-0.25, -0.2) is 103 Å². The smallest absolute Gasteiger partial charge is 0.163 e. The number of halogens is 2. The Bertz CT molecular complexity index is 8200. The van der Waals surface area contributed by atoms with Crippen LogP contribution in [0.1, 0.15) is 22.9 Å². The molecule has 23 aromatic rings. The van der Waals surface area contributed by atoms with E-state index in [0.29, 0.717) is 50.7 Å². The molecule has 18 aromatic heterocycles. The second kappa shape index (κ2) is 34.4. The predicted octanol–water partition coefficient (Wildman–Crippen LogP) is 12.9. The monoisotopic (exact) mass is 1760 g/mol. The van der Waals surface area contributed by atoms with E-state index in [1.54, 1.807) is 58.9 Å². The minimum absolute atomic E-state index is 0.410. The number of methoxy groups -OCH3 is 1. The van der Waals surface area contributed by atoms with Crippen molar-refractivity contribution in [3.05, 3.63) is 205 Å². The van der Waals surface area contributed by atoms with Gasteiger partial charge in [0.2, 0.25) is 0 Å². The minimum Gasteiger partial charge on any atom is -0.497 e. The number of benzene rings is 5. The van der Waals surface area contributed by atoms with Gasteiger partial charge < -0.3 is 38.0 Å². The summed E-state index contributed by atoms with van der Waals surface area (Å²) in [7, 11) is 18.5. The van der Waals surface area contributed by atoms with Crippen molar-refractivity contribution in [3.8, 4) is 62.0 Å². The topological polar surface area (TPSA) is 493 Å². The third-order valence-corrected chi connectivity index (χ3v) is 23.0. The standard InChI is InChI=1S/C17H15N5O.2C15H15N7.C14H11N5S.C12H13N7.C7H6ClN3.C6H5ClN4/c1-22-17-14(16(18)19-9-20-17)15(21-22)12-4-3-11-8-13(23-2)6-5-10(11)7-12;1-8-10-5-4-9(6-11(10)19-21(8)2)13-12-14(16)17-7-18-15(12)22(3)20-13;1-8-10-5-4-9(6-11(10)21(2)19-8)13-12-14(16)17-7-18-15(12)22(3)20-13;1-19-14-11(13(15)16-7-17-14)12(18-19)9-6-20-10-5-3-2-4-8(9)10;1-6-8(4-14-7(2)17-6)10-9-11(13)15-5-16-12(9)19(3)18-10;1-11-3-2-5-6(11)7(8)10-4-9-5;1-11-6-4(2-10-11)5(7)8-3-9-6/h3-9H,1-2H3,(H2,18,19,20);2*4-7H,1-3H3,(H2,16,17,18);2-7H,1H3,(H2,15,16,17);4-5H,1-3H3,(H2,13,15,16);2-4H,1H3;2-3H,1H3. The molecule has 0 saturated carbocycles. The van der Waals surface area contributed by atoms with Gasteiger partial charge >= 0.3 is 0 Å². The van der Waals surface area contributed by atoms with E-state index in [9.17, 15) is 0 Å². The normalized spacial score (nSPS) is 11.3. The number of nitrogens with zero attached hydrogens (tertiary/aromatic N) is 33. The molecular formula is C86H80Cl2N38OS. The van der Waals surface area contributed by atoms with Gasteiger partial charge in [-0.1, -0.05) is 83.9 Å². The summed E-state index contributed by atoms with van der Waals surface area (Å²) in [5.41, 5.74) is 50.0. The molecule has 39 nitrogen and oxygen atoms in total. The van der Waals surface area contributed by atoms with Gasteiger partial charge in [-0.05, 0) is 80.9 Å². The average Bonchev–Trinajstić information content (AvgIpc) is 1.64. The number of aromatic nitrogens is 33. The predicted molar refractivity (Wildman–Crippen MR) is 498 cm³/mol. The van der Waals surface area contributed by atoms with E-state index in [2.05, 4.69) is 169 Å². The molecule has 128 heavy (non-hydrogen) atoms. The number of thiophene rings is 1. The molecule has 0 unspecified atom stereocenters. The molecule has 18 heterocycles. The van der Waals surface area contributed by atoms with Gasteiger partial charge in [0.05, 0.1) is 73.6 Å². The highest BCUT2D eigenvalue weighted by molar-refractivity contribution is 7.17. The first-order valence-corrected chi connectivity index (χ1v) is 40.9. The lowest BCUT2D eigenvalue weighted by Crippen LogP contribution is -1.96. The maximum Gasteiger partial charge on any atom is 0.163 e. The fourth-order valence-corrected chi connectivity index (χ4v) is 16.5. The summed E-state index contributed by atoms with van der Waals surface area (Å²) >= 11 is 13.3. The van der Waals surface area contributed by atoms with E-state index in [1.165, 1.54) is 54.4 Å². The zero-order chi connectivity index (χ0) is 89.8. The van der Waals surface area contributed by atoms with E-state index in [1.807, 2.05) is 171 Å². The number of rotatable bonds is 6. The number of anilines is 5. The van der Waals surface area contributed by atoms with Crippen molar-refractivity contribution >= 4 is 184 Å². The quantitative estimate of drug-likeness (QED) is 0.0965. The number of ether oxygens (including phenoxy) is 1. The largest absolute Gasteiger partial charge is 0.497 e. The molecule has 42 heteroatoms. The summed E-state index contributed by atoms with van der Waals surface area (Å²) in [5.74, 6) is 3.76. The number of nitrogens with two attached hydrogens (primary N) is 5. The summed E-state index contributed by atoms with van der Waals surface area (Å²) in [6.07, 6.45) is 15.5. The van der Waals surface area contributed by atoms with Gasteiger partial charge in [0.1, 0.15) is 124 Å². The molecule has 23 rings (SSSR count). The SMILES string of the molecule is COc1ccc2cc(-c3nn(C)c4ncnc(N)c34)ccc2c1.Cc1c2ccc(-c3nn(C)c4ncnc(N)c34)cc2nn1C.Cc1ncc(-c2nn(C)c3ncnc(N)c23)c(C)n1.Cc1nn(C)c2cc(-c3nn(C)c4ncnc(N)c34)ccc12.Cn1ccc2ncnc(Cl)c21.Cn1nc(-c2csc3ccccc23)c2c(N)ncnc21.Cn1ncc2c(Cl)ncnc21. The maximum atomic E-state index is 6.04. The van der Waals surface area contributed by atoms with Gasteiger partial charge in [-0.3, -0.25) is 14.0 Å². The molecule has 0 aliphatic carbocycles. The van der Waals surface area contributed by atoms with E-state index in [-0.39, 0.29) is 0 Å². The fourth-order valence-electron chi connectivity index (χ4n) is 15.1. The number of hydrogen-bond acceptors (Lipinski definition) is 31. The minimum atomic E-state index is 0.410. The van der Waals surface area contributed by atoms with E-state index < -0.39 is 0 Å². The van der Waals surface area contributed by atoms with Crippen molar-refractivity contribution in [3.63, 3.8) is 0 Å². The van der Waals surface area contributed by atoms with Crippen LogP contribution in [0.5, 0.6) is 5.75 Å². The van der Waals surface area contributed by atoms with Crippen molar-refractivity contribution < 1.29 is 4.74 Å². The molecule has 5 aromatic carbocycles. The second-order valence-corrected chi connectivity index (χ2v) is 31.1. The summed E-state index contributed by atoms with van der Waals surface area (Å²) in [6.45, 7) is 7.83. The van der Waals surface area contributed by atoms with Crippen molar-refractivity contribution in [1.29, 1.82) is 0 Å². The summed E-state index contributed by atoms with van der Waals surface area (Å²) in [4.78, 5) is 65.9. The van der Waals surface area contributed by atoms with Crippen LogP contribution in [0.3, 0.4) is 0 Å². The Morgan fingerprint density at radius 2 is 0.828 bits per heavy atom. The van der Waals surface area contributed by atoms with Crippen LogP contribution >= 0.6 is 34.5 Å². The van der Waals surface area contributed by atoms with Gasteiger partial charge in [0.15, 0.2) is 39.0 Å².